The van der Waals surface area contributed by atoms with Crippen LogP contribution in [0, 0.1) is 0 Å². The van der Waals surface area contributed by atoms with Crippen molar-refractivity contribution < 1.29 is 4.52 Å². The predicted octanol–water partition coefficient (Wildman–Crippen LogP) is 0.412. The van der Waals surface area contributed by atoms with Gasteiger partial charge in [0.1, 0.15) is 0 Å². The van der Waals surface area contributed by atoms with Gasteiger partial charge < -0.3 is 14.7 Å². The normalized spacial score (nSPS) is 31.0. The lowest BCUT2D eigenvalue weighted by Crippen LogP contribution is -2.45. The Balaban J connectivity index is 1.75. The fourth-order valence-corrected chi connectivity index (χ4v) is 2.71. The van der Waals surface area contributed by atoms with Crippen molar-refractivity contribution in [3.8, 4) is 0 Å². The lowest BCUT2D eigenvalue weighted by Gasteiger charge is -2.35. The van der Waals surface area contributed by atoms with Crippen molar-refractivity contribution in [2.45, 2.75) is 24.9 Å². The van der Waals surface area contributed by atoms with Crippen LogP contribution < -0.4 is 5.32 Å². The minimum Gasteiger partial charge on any atom is -0.338 e. The molecule has 1 aromatic rings. The molecule has 0 aromatic carbocycles. The van der Waals surface area contributed by atoms with E-state index in [1.54, 1.807) is 0 Å². The van der Waals surface area contributed by atoms with Gasteiger partial charge in [-0.05, 0) is 33.5 Å². The highest BCUT2D eigenvalue weighted by atomic mass is 16.5. The smallest absolute Gasteiger partial charge is 0.243 e. The van der Waals surface area contributed by atoms with Gasteiger partial charge in [0.2, 0.25) is 5.89 Å². The number of piperazine rings is 1. The summed E-state index contributed by atoms with van der Waals surface area (Å²) < 4.78 is 5.42. The number of aromatic nitrogens is 2. The fourth-order valence-electron chi connectivity index (χ4n) is 2.71. The van der Waals surface area contributed by atoms with Crippen molar-refractivity contribution in [1.29, 1.82) is 0 Å². The Morgan fingerprint density at radius 1 is 1.33 bits per heavy atom. The predicted molar refractivity (Wildman–Crippen MR) is 67.1 cm³/mol. The van der Waals surface area contributed by atoms with E-state index in [9.17, 15) is 0 Å². The third-order valence-electron chi connectivity index (χ3n) is 3.96. The molecule has 3 rings (SSSR count). The van der Waals surface area contributed by atoms with Gasteiger partial charge in [-0.1, -0.05) is 5.16 Å². The zero-order chi connectivity index (χ0) is 12.5. The molecule has 0 radical (unpaired) electrons. The average Bonchev–Trinajstić information content (AvgIpc) is 3.00. The molecule has 0 amide bonds. The van der Waals surface area contributed by atoms with Crippen LogP contribution in [-0.4, -0.2) is 60.2 Å². The Kier molecular flexibility index (Phi) is 3.32. The molecule has 0 bridgehead atoms. The first-order valence-electron chi connectivity index (χ1n) is 6.69. The molecule has 3 heterocycles. The third kappa shape index (κ3) is 2.28. The minimum atomic E-state index is 0.252. The van der Waals surface area contributed by atoms with Gasteiger partial charge >= 0.3 is 0 Å². The highest BCUT2D eigenvalue weighted by Crippen LogP contribution is 2.25. The molecule has 6 nitrogen and oxygen atoms in total. The summed E-state index contributed by atoms with van der Waals surface area (Å²) >= 11 is 0. The molecular formula is C12H21N5O. The van der Waals surface area contributed by atoms with Crippen molar-refractivity contribution in [1.82, 2.24) is 25.3 Å². The standard InChI is InChI=1S/C12H21N5O/c1-16-6-7-17(2)10(8-16)11-14-12(18-15-11)9-4-3-5-13-9/h9-10,13H,3-8H2,1-2H3. The molecule has 1 N–H and O–H groups in total. The third-order valence-corrected chi connectivity index (χ3v) is 3.96. The minimum absolute atomic E-state index is 0.252. The highest BCUT2D eigenvalue weighted by Gasteiger charge is 2.30. The zero-order valence-electron chi connectivity index (χ0n) is 11.1. The molecule has 2 aliphatic rings. The molecule has 100 valence electrons. The van der Waals surface area contributed by atoms with E-state index in [2.05, 4.69) is 39.4 Å². The highest BCUT2D eigenvalue weighted by molar-refractivity contribution is 5.01. The lowest BCUT2D eigenvalue weighted by molar-refractivity contribution is 0.108. The van der Waals surface area contributed by atoms with E-state index >= 15 is 0 Å². The number of rotatable bonds is 2. The zero-order valence-corrected chi connectivity index (χ0v) is 11.1. The van der Waals surface area contributed by atoms with Crippen LogP contribution in [0.2, 0.25) is 0 Å². The van der Waals surface area contributed by atoms with E-state index < -0.39 is 0 Å². The molecule has 2 saturated heterocycles. The van der Waals surface area contributed by atoms with E-state index in [0.717, 1.165) is 44.3 Å². The number of nitrogens with one attached hydrogen (secondary N) is 1. The summed E-state index contributed by atoms with van der Waals surface area (Å²) in [5.74, 6) is 1.58. The van der Waals surface area contributed by atoms with Crippen molar-refractivity contribution in [2.75, 3.05) is 40.3 Å². The molecule has 1 aromatic heterocycles. The van der Waals surface area contributed by atoms with Gasteiger partial charge in [-0.3, -0.25) is 4.90 Å². The maximum absolute atomic E-state index is 5.42. The topological polar surface area (TPSA) is 57.4 Å². The number of nitrogens with zero attached hydrogens (tertiary/aromatic N) is 4. The first kappa shape index (κ1) is 12.1. The second-order valence-corrected chi connectivity index (χ2v) is 5.40. The molecular weight excluding hydrogens is 230 g/mol. The van der Waals surface area contributed by atoms with Crippen LogP contribution in [-0.2, 0) is 0 Å². The monoisotopic (exact) mass is 251 g/mol. The first-order valence-corrected chi connectivity index (χ1v) is 6.69. The summed E-state index contributed by atoms with van der Waals surface area (Å²) in [6, 6.07) is 0.514. The first-order chi connectivity index (χ1) is 8.74. The van der Waals surface area contributed by atoms with Gasteiger partial charge in [0.25, 0.3) is 0 Å². The van der Waals surface area contributed by atoms with Crippen LogP contribution in [0.3, 0.4) is 0 Å². The summed E-state index contributed by atoms with van der Waals surface area (Å²) in [5.41, 5.74) is 0. The maximum Gasteiger partial charge on any atom is 0.243 e. The average molecular weight is 251 g/mol. The Hall–Kier alpha value is -0.980. The van der Waals surface area contributed by atoms with Gasteiger partial charge in [-0.2, -0.15) is 4.98 Å². The van der Waals surface area contributed by atoms with Gasteiger partial charge in [-0.25, -0.2) is 0 Å². The number of hydrogen-bond acceptors (Lipinski definition) is 6. The number of hydrogen-bond donors (Lipinski definition) is 1. The van der Waals surface area contributed by atoms with Gasteiger partial charge in [0, 0.05) is 19.6 Å². The van der Waals surface area contributed by atoms with Crippen LogP contribution in [0.15, 0.2) is 4.52 Å². The molecule has 18 heavy (non-hydrogen) atoms. The van der Waals surface area contributed by atoms with Crippen LogP contribution in [0.1, 0.15) is 36.6 Å². The Bertz CT molecular complexity index is 401. The van der Waals surface area contributed by atoms with Crippen LogP contribution in [0.5, 0.6) is 0 Å². The van der Waals surface area contributed by atoms with E-state index in [1.165, 1.54) is 6.42 Å². The summed E-state index contributed by atoms with van der Waals surface area (Å²) in [5, 5.41) is 7.56. The van der Waals surface area contributed by atoms with E-state index in [0.29, 0.717) is 0 Å². The SMILES string of the molecule is CN1CCN(C)C(c2noc(C3CCCN3)n2)C1. The van der Waals surface area contributed by atoms with E-state index in [1.807, 2.05) is 0 Å². The molecule has 2 atom stereocenters. The summed E-state index contributed by atoms with van der Waals surface area (Å²) in [6.45, 7) is 4.16. The second-order valence-electron chi connectivity index (χ2n) is 5.40. The molecule has 2 unspecified atom stereocenters. The molecule has 2 aliphatic heterocycles. The Morgan fingerprint density at radius 2 is 2.22 bits per heavy atom. The van der Waals surface area contributed by atoms with Crippen molar-refractivity contribution in [3.05, 3.63) is 11.7 Å². The second kappa shape index (κ2) is 4.95. The molecule has 0 saturated carbocycles. The Morgan fingerprint density at radius 3 is 3.00 bits per heavy atom. The van der Waals surface area contributed by atoms with Gasteiger partial charge in [0.05, 0.1) is 12.1 Å². The van der Waals surface area contributed by atoms with Crippen LogP contribution >= 0.6 is 0 Å². The summed E-state index contributed by atoms with van der Waals surface area (Å²) in [7, 11) is 4.26. The molecule has 0 spiro atoms. The molecule has 2 fully saturated rings. The quantitative estimate of drug-likeness (QED) is 0.822. The van der Waals surface area contributed by atoms with Crippen molar-refractivity contribution >= 4 is 0 Å². The molecule has 6 heteroatoms. The van der Waals surface area contributed by atoms with Gasteiger partial charge in [-0.15, -0.1) is 0 Å². The summed E-state index contributed by atoms with van der Waals surface area (Å²) in [4.78, 5) is 9.21. The summed E-state index contributed by atoms with van der Waals surface area (Å²) in [6.07, 6.45) is 2.29. The lowest BCUT2D eigenvalue weighted by atomic mass is 10.2. The fraction of sp³-hybridized carbons (Fsp3) is 0.833. The largest absolute Gasteiger partial charge is 0.338 e. The molecule has 0 aliphatic carbocycles. The maximum atomic E-state index is 5.42. The Labute approximate surface area is 107 Å². The van der Waals surface area contributed by atoms with Crippen LogP contribution in [0.4, 0.5) is 0 Å². The van der Waals surface area contributed by atoms with Crippen LogP contribution in [0.25, 0.3) is 0 Å². The van der Waals surface area contributed by atoms with Gasteiger partial charge in [0.15, 0.2) is 5.82 Å². The van der Waals surface area contributed by atoms with Crippen molar-refractivity contribution in [2.24, 2.45) is 0 Å². The number of likely N-dealkylation sites (N-methyl/N-ethyl adjacent to an activating group) is 2. The van der Waals surface area contributed by atoms with Crippen molar-refractivity contribution in [3.63, 3.8) is 0 Å². The van der Waals surface area contributed by atoms with E-state index in [-0.39, 0.29) is 12.1 Å². The van der Waals surface area contributed by atoms with E-state index in [4.69, 9.17) is 4.52 Å².